The van der Waals surface area contributed by atoms with E-state index in [4.69, 9.17) is 0 Å². The van der Waals surface area contributed by atoms with E-state index >= 15 is 0 Å². The zero-order valence-corrected chi connectivity index (χ0v) is 12.4. The molecule has 1 atom stereocenters. The minimum atomic E-state index is -0.0813. The molecule has 1 aromatic carbocycles. The average molecular weight is 277 g/mol. The van der Waals surface area contributed by atoms with E-state index in [2.05, 4.69) is 35.2 Å². The lowest BCUT2D eigenvalue weighted by Crippen LogP contribution is -2.50. The van der Waals surface area contributed by atoms with Crippen LogP contribution in [0.3, 0.4) is 0 Å². The Bertz CT molecular complexity index is 473. The van der Waals surface area contributed by atoms with Crippen molar-refractivity contribution in [3.05, 3.63) is 29.6 Å². The van der Waals surface area contributed by atoms with Gasteiger partial charge in [0.15, 0.2) is 0 Å². The van der Waals surface area contributed by atoms with Gasteiger partial charge in [-0.1, -0.05) is 6.07 Å². The van der Waals surface area contributed by atoms with Gasteiger partial charge in [0.25, 0.3) is 0 Å². The van der Waals surface area contributed by atoms with Crippen LogP contribution < -0.4 is 10.2 Å². The molecule has 1 aliphatic heterocycles. The van der Waals surface area contributed by atoms with Crippen LogP contribution in [0.25, 0.3) is 0 Å². The van der Waals surface area contributed by atoms with Crippen molar-refractivity contribution < 1.29 is 4.39 Å². The summed E-state index contributed by atoms with van der Waals surface area (Å²) in [6, 6.07) is 6.58. The van der Waals surface area contributed by atoms with Crippen LogP contribution in [0.1, 0.15) is 25.3 Å². The molecule has 110 valence electrons. The fourth-order valence-corrected chi connectivity index (χ4v) is 2.82. The minimum Gasteiger partial charge on any atom is -0.368 e. The Morgan fingerprint density at radius 2 is 2.10 bits per heavy atom. The highest BCUT2D eigenvalue weighted by molar-refractivity contribution is 5.55. The number of anilines is 1. The summed E-state index contributed by atoms with van der Waals surface area (Å²) in [7, 11) is 2.16. The molecule has 1 aromatic rings. The molecule has 1 N–H and O–H groups in total. The molecule has 0 spiro atoms. The fourth-order valence-electron chi connectivity index (χ4n) is 2.82. The van der Waals surface area contributed by atoms with Crippen molar-refractivity contribution >= 4 is 5.69 Å². The molecular formula is C16H24FN3. The second-order valence-electron chi connectivity index (χ2n) is 6.17. The molecule has 3 rings (SSSR count). The highest BCUT2D eigenvalue weighted by atomic mass is 19.1. The van der Waals surface area contributed by atoms with Crippen LogP contribution in [-0.2, 0) is 6.54 Å². The van der Waals surface area contributed by atoms with Crippen LogP contribution >= 0.6 is 0 Å². The van der Waals surface area contributed by atoms with Gasteiger partial charge in [-0.05, 0) is 38.9 Å². The van der Waals surface area contributed by atoms with E-state index in [1.54, 1.807) is 6.07 Å². The first-order chi connectivity index (χ1) is 9.65. The average Bonchev–Trinajstić information content (AvgIpc) is 3.24. The van der Waals surface area contributed by atoms with Gasteiger partial charge in [0, 0.05) is 49.5 Å². The topological polar surface area (TPSA) is 18.5 Å². The van der Waals surface area contributed by atoms with Crippen LogP contribution in [0.4, 0.5) is 10.1 Å². The molecular weight excluding hydrogens is 253 g/mol. The third-order valence-electron chi connectivity index (χ3n) is 4.54. The maximum Gasteiger partial charge on any atom is 0.129 e. The molecule has 1 aliphatic carbocycles. The van der Waals surface area contributed by atoms with E-state index in [0.717, 1.165) is 30.9 Å². The molecule has 4 heteroatoms. The third kappa shape index (κ3) is 2.96. The first kappa shape index (κ1) is 13.8. The minimum absolute atomic E-state index is 0.0813. The van der Waals surface area contributed by atoms with Crippen molar-refractivity contribution in [2.24, 2.45) is 0 Å². The number of nitrogens with one attached hydrogen (secondary N) is 1. The largest absolute Gasteiger partial charge is 0.368 e. The smallest absolute Gasteiger partial charge is 0.129 e. The summed E-state index contributed by atoms with van der Waals surface area (Å²) in [6.45, 7) is 5.85. The van der Waals surface area contributed by atoms with Gasteiger partial charge in [-0.3, -0.25) is 0 Å². The van der Waals surface area contributed by atoms with Crippen molar-refractivity contribution in [2.45, 2.75) is 38.4 Å². The van der Waals surface area contributed by atoms with Gasteiger partial charge in [0.2, 0.25) is 0 Å². The van der Waals surface area contributed by atoms with Gasteiger partial charge < -0.3 is 15.1 Å². The number of hydrogen-bond donors (Lipinski definition) is 1. The highest BCUT2D eigenvalue weighted by Crippen LogP contribution is 2.27. The molecule has 20 heavy (non-hydrogen) atoms. The summed E-state index contributed by atoms with van der Waals surface area (Å²) < 4.78 is 14.2. The van der Waals surface area contributed by atoms with E-state index in [-0.39, 0.29) is 5.82 Å². The predicted octanol–water partition coefficient (Wildman–Crippen LogP) is 2.22. The summed E-state index contributed by atoms with van der Waals surface area (Å²) in [5, 5.41) is 3.44. The number of hydrogen-bond acceptors (Lipinski definition) is 3. The van der Waals surface area contributed by atoms with Crippen LogP contribution in [0.5, 0.6) is 0 Å². The number of rotatable bonds is 4. The van der Waals surface area contributed by atoms with Crippen LogP contribution in [0.15, 0.2) is 18.2 Å². The summed E-state index contributed by atoms with van der Waals surface area (Å²) in [4.78, 5) is 4.69. The Morgan fingerprint density at radius 3 is 2.80 bits per heavy atom. The van der Waals surface area contributed by atoms with Crippen LogP contribution in [-0.4, -0.2) is 43.7 Å². The monoisotopic (exact) mass is 277 g/mol. The van der Waals surface area contributed by atoms with Crippen LogP contribution in [0.2, 0.25) is 0 Å². The molecule has 1 saturated heterocycles. The van der Waals surface area contributed by atoms with E-state index < -0.39 is 0 Å². The lowest BCUT2D eigenvalue weighted by atomic mass is 10.1. The summed E-state index contributed by atoms with van der Waals surface area (Å²) in [6.07, 6.45) is 2.46. The Hall–Kier alpha value is -1.13. The number of piperazine rings is 1. The van der Waals surface area contributed by atoms with Gasteiger partial charge in [-0.25, -0.2) is 4.39 Å². The van der Waals surface area contributed by atoms with E-state index in [1.165, 1.54) is 12.8 Å². The Morgan fingerprint density at radius 1 is 1.30 bits per heavy atom. The summed E-state index contributed by atoms with van der Waals surface area (Å²) in [5.41, 5.74) is 1.90. The molecule has 2 fully saturated rings. The maximum absolute atomic E-state index is 14.2. The standard InChI is InChI=1S/C16H24FN3/c1-12-11-20(9-8-19(12)2)16-5-3-4-15(17)14(16)10-18-13-6-7-13/h3-5,12-13,18H,6-11H2,1-2H3. The van der Waals surface area contributed by atoms with E-state index in [1.807, 2.05) is 6.07 Å². The van der Waals surface area contributed by atoms with Crippen LogP contribution in [0, 0.1) is 5.82 Å². The molecule has 2 aliphatic rings. The third-order valence-corrected chi connectivity index (χ3v) is 4.54. The van der Waals surface area contributed by atoms with Crippen molar-refractivity contribution in [1.29, 1.82) is 0 Å². The SMILES string of the molecule is CC1CN(c2cccc(F)c2CNC2CC2)CCN1C. The predicted molar refractivity (Wildman–Crippen MR) is 80.6 cm³/mol. The van der Waals surface area contributed by atoms with Crippen molar-refractivity contribution in [3.8, 4) is 0 Å². The number of likely N-dealkylation sites (N-methyl/N-ethyl adjacent to an activating group) is 1. The summed E-state index contributed by atoms with van der Waals surface area (Å²) in [5.74, 6) is -0.0813. The maximum atomic E-state index is 14.2. The van der Waals surface area contributed by atoms with Crippen molar-refractivity contribution in [2.75, 3.05) is 31.6 Å². The van der Waals surface area contributed by atoms with Gasteiger partial charge in [0.1, 0.15) is 5.82 Å². The lowest BCUT2D eigenvalue weighted by Gasteiger charge is -2.39. The highest BCUT2D eigenvalue weighted by Gasteiger charge is 2.25. The Labute approximate surface area is 120 Å². The first-order valence-corrected chi connectivity index (χ1v) is 7.61. The second-order valence-corrected chi connectivity index (χ2v) is 6.17. The van der Waals surface area contributed by atoms with Gasteiger partial charge >= 0.3 is 0 Å². The molecule has 0 aromatic heterocycles. The zero-order chi connectivity index (χ0) is 14.1. The van der Waals surface area contributed by atoms with Gasteiger partial charge in [0.05, 0.1) is 0 Å². The van der Waals surface area contributed by atoms with E-state index in [9.17, 15) is 4.39 Å². The van der Waals surface area contributed by atoms with Crippen molar-refractivity contribution in [1.82, 2.24) is 10.2 Å². The number of benzene rings is 1. The fraction of sp³-hybridized carbons (Fsp3) is 0.625. The number of halogens is 1. The number of nitrogens with zero attached hydrogens (tertiary/aromatic N) is 2. The Kier molecular flexibility index (Phi) is 3.94. The molecule has 0 radical (unpaired) electrons. The molecule has 0 amide bonds. The lowest BCUT2D eigenvalue weighted by molar-refractivity contribution is 0.234. The molecule has 1 heterocycles. The van der Waals surface area contributed by atoms with Crippen molar-refractivity contribution in [3.63, 3.8) is 0 Å². The Balaban J connectivity index is 1.78. The normalized spacial score (nSPS) is 24.1. The quantitative estimate of drug-likeness (QED) is 0.910. The van der Waals surface area contributed by atoms with Gasteiger partial charge in [-0.2, -0.15) is 0 Å². The zero-order valence-electron chi connectivity index (χ0n) is 12.4. The second kappa shape index (κ2) is 5.70. The first-order valence-electron chi connectivity index (χ1n) is 7.61. The van der Waals surface area contributed by atoms with E-state index in [0.29, 0.717) is 18.6 Å². The van der Waals surface area contributed by atoms with Gasteiger partial charge in [-0.15, -0.1) is 0 Å². The molecule has 3 nitrogen and oxygen atoms in total. The summed E-state index contributed by atoms with van der Waals surface area (Å²) >= 11 is 0. The molecule has 1 unspecified atom stereocenters. The molecule has 0 bridgehead atoms. The molecule has 1 saturated carbocycles.